The number of hydrogen-bond donors (Lipinski definition) is 1. The maximum Gasteiger partial charge on any atom is 0.111 e. The number of hydrogen-bond acceptors (Lipinski definition) is 2. The van der Waals surface area contributed by atoms with Crippen LogP contribution in [0.5, 0.6) is 0 Å². The van der Waals surface area contributed by atoms with E-state index in [1.165, 1.54) is 4.88 Å². The molecular weight excluding hydrogens is 264 g/mol. The van der Waals surface area contributed by atoms with E-state index in [4.69, 9.17) is 11.6 Å². The van der Waals surface area contributed by atoms with Gasteiger partial charge in [-0.2, -0.15) is 0 Å². The summed E-state index contributed by atoms with van der Waals surface area (Å²) in [6.07, 6.45) is 2.70. The molecule has 0 fully saturated rings. The number of halogens is 1. The minimum Gasteiger partial charge on any atom is -0.342 e. The first-order valence-corrected chi connectivity index (χ1v) is 6.89. The molecule has 3 aromatic rings. The SMILES string of the molecule is Clc1cccc(-c2cnc(Cc3cccs3)[nH]2)c1. The molecule has 0 aliphatic rings. The third kappa shape index (κ3) is 2.47. The lowest BCUT2D eigenvalue weighted by molar-refractivity contribution is 1.05. The van der Waals surface area contributed by atoms with Gasteiger partial charge in [0.15, 0.2) is 0 Å². The van der Waals surface area contributed by atoms with Crippen LogP contribution < -0.4 is 0 Å². The van der Waals surface area contributed by atoms with E-state index in [0.29, 0.717) is 0 Å². The zero-order chi connectivity index (χ0) is 12.4. The second kappa shape index (κ2) is 4.96. The van der Waals surface area contributed by atoms with Gasteiger partial charge in [-0.3, -0.25) is 0 Å². The van der Waals surface area contributed by atoms with Gasteiger partial charge in [-0.25, -0.2) is 4.98 Å². The third-order valence-electron chi connectivity index (χ3n) is 2.69. The minimum atomic E-state index is 0.738. The fraction of sp³-hybridized carbons (Fsp3) is 0.0714. The standard InChI is InChI=1S/C14H11ClN2S/c15-11-4-1-3-10(7-11)13-9-16-14(17-13)8-12-5-2-6-18-12/h1-7,9H,8H2,(H,16,17). The Morgan fingerprint density at radius 3 is 2.94 bits per heavy atom. The molecule has 0 unspecified atom stereocenters. The van der Waals surface area contributed by atoms with Crippen molar-refractivity contribution >= 4 is 22.9 Å². The highest BCUT2D eigenvalue weighted by molar-refractivity contribution is 7.09. The van der Waals surface area contributed by atoms with E-state index >= 15 is 0 Å². The molecule has 0 saturated carbocycles. The Balaban J connectivity index is 1.85. The number of H-pyrrole nitrogens is 1. The summed E-state index contributed by atoms with van der Waals surface area (Å²) >= 11 is 7.73. The highest BCUT2D eigenvalue weighted by Gasteiger charge is 2.05. The van der Waals surface area contributed by atoms with E-state index in [-0.39, 0.29) is 0 Å². The molecular formula is C14H11ClN2S. The lowest BCUT2D eigenvalue weighted by atomic mass is 10.2. The van der Waals surface area contributed by atoms with Crippen LogP contribution in [0.25, 0.3) is 11.3 Å². The first kappa shape index (κ1) is 11.5. The van der Waals surface area contributed by atoms with Gasteiger partial charge in [0.2, 0.25) is 0 Å². The molecule has 1 aromatic carbocycles. The van der Waals surface area contributed by atoms with Crippen molar-refractivity contribution in [3.63, 3.8) is 0 Å². The number of aromatic nitrogens is 2. The number of thiophene rings is 1. The number of imidazole rings is 1. The molecule has 2 aromatic heterocycles. The first-order chi connectivity index (χ1) is 8.81. The van der Waals surface area contributed by atoms with Crippen molar-refractivity contribution < 1.29 is 0 Å². The van der Waals surface area contributed by atoms with Crippen LogP contribution in [0, 0.1) is 0 Å². The Morgan fingerprint density at radius 1 is 1.22 bits per heavy atom. The van der Waals surface area contributed by atoms with E-state index in [9.17, 15) is 0 Å². The average molecular weight is 275 g/mol. The monoisotopic (exact) mass is 274 g/mol. The first-order valence-electron chi connectivity index (χ1n) is 5.63. The lowest BCUT2D eigenvalue weighted by Gasteiger charge is -1.98. The molecule has 1 N–H and O–H groups in total. The molecule has 2 nitrogen and oxygen atoms in total. The van der Waals surface area contributed by atoms with Gasteiger partial charge in [-0.1, -0.05) is 29.8 Å². The second-order valence-corrected chi connectivity index (χ2v) is 5.48. The van der Waals surface area contributed by atoms with Crippen LogP contribution in [-0.2, 0) is 6.42 Å². The van der Waals surface area contributed by atoms with Crippen molar-refractivity contribution in [1.29, 1.82) is 0 Å². The van der Waals surface area contributed by atoms with Crippen molar-refractivity contribution in [2.24, 2.45) is 0 Å². The predicted molar refractivity (Wildman–Crippen MR) is 76.2 cm³/mol. The van der Waals surface area contributed by atoms with Crippen LogP contribution in [0.4, 0.5) is 0 Å². The van der Waals surface area contributed by atoms with Gasteiger partial charge >= 0.3 is 0 Å². The fourth-order valence-electron chi connectivity index (χ4n) is 1.83. The summed E-state index contributed by atoms with van der Waals surface area (Å²) in [5.41, 5.74) is 2.07. The maximum absolute atomic E-state index is 5.98. The van der Waals surface area contributed by atoms with Gasteiger partial charge in [0, 0.05) is 21.9 Å². The zero-order valence-corrected chi connectivity index (χ0v) is 11.1. The van der Waals surface area contributed by atoms with Gasteiger partial charge in [0.05, 0.1) is 11.9 Å². The van der Waals surface area contributed by atoms with Crippen LogP contribution in [-0.4, -0.2) is 9.97 Å². The highest BCUT2D eigenvalue weighted by atomic mass is 35.5. The topological polar surface area (TPSA) is 28.7 Å². The number of nitrogens with zero attached hydrogens (tertiary/aromatic N) is 1. The van der Waals surface area contributed by atoms with E-state index < -0.39 is 0 Å². The molecule has 18 heavy (non-hydrogen) atoms. The summed E-state index contributed by atoms with van der Waals surface area (Å²) in [7, 11) is 0. The van der Waals surface area contributed by atoms with Gasteiger partial charge in [0.25, 0.3) is 0 Å². The molecule has 0 atom stereocenters. The van der Waals surface area contributed by atoms with Gasteiger partial charge in [0.1, 0.15) is 5.82 Å². The van der Waals surface area contributed by atoms with Crippen molar-refractivity contribution in [2.75, 3.05) is 0 Å². The van der Waals surface area contributed by atoms with Crippen molar-refractivity contribution in [3.05, 3.63) is 63.7 Å². The summed E-state index contributed by atoms with van der Waals surface area (Å²) in [4.78, 5) is 9.04. The largest absolute Gasteiger partial charge is 0.342 e. The average Bonchev–Trinajstić information content (AvgIpc) is 3.01. The summed E-state index contributed by atoms with van der Waals surface area (Å²) in [6, 6.07) is 11.9. The maximum atomic E-state index is 5.98. The van der Waals surface area contributed by atoms with E-state index in [1.807, 2.05) is 30.5 Å². The lowest BCUT2D eigenvalue weighted by Crippen LogP contribution is -1.87. The number of benzene rings is 1. The van der Waals surface area contributed by atoms with E-state index in [0.717, 1.165) is 28.5 Å². The third-order valence-corrected chi connectivity index (χ3v) is 3.80. The zero-order valence-electron chi connectivity index (χ0n) is 9.56. The summed E-state index contributed by atoms with van der Waals surface area (Å²) in [5.74, 6) is 0.979. The highest BCUT2D eigenvalue weighted by Crippen LogP contribution is 2.22. The molecule has 0 radical (unpaired) electrons. The van der Waals surface area contributed by atoms with Crippen molar-refractivity contribution in [2.45, 2.75) is 6.42 Å². The number of nitrogens with one attached hydrogen (secondary N) is 1. The molecule has 90 valence electrons. The molecule has 0 aliphatic heterocycles. The predicted octanol–water partition coefficient (Wildman–Crippen LogP) is 4.38. The van der Waals surface area contributed by atoms with Crippen LogP contribution in [0.15, 0.2) is 48.0 Å². The summed E-state index contributed by atoms with van der Waals surface area (Å²) in [6.45, 7) is 0. The van der Waals surface area contributed by atoms with Crippen LogP contribution in [0.3, 0.4) is 0 Å². The second-order valence-electron chi connectivity index (χ2n) is 4.01. The molecule has 3 rings (SSSR count). The Hall–Kier alpha value is -1.58. The van der Waals surface area contributed by atoms with Gasteiger partial charge in [-0.15, -0.1) is 11.3 Å². The minimum absolute atomic E-state index is 0.738. The van der Waals surface area contributed by atoms with E-state index in [2.05, 4.69) is 27.5 Å². The summed E-state index contributed by atoms with van der Waals surface area (Å²) in [5, 5.41) is 2.82. The molecule has 0 bridgehead atoms. The Labute approximate surface area is 114 Å². The molecule has 0 saturated heterocycles. The van der Waals surface area contributed by atoms with Crippen molar-refractivity contribution in [3.8, 4) is 11.3 Å². The number of aromatic amines is 1. The molecule has 2 heterocycles. The molecule has 0 amide bonds. The smallest absolute Gasteiger partial charge is 0.111 e. The molecule has 4 heteroatoms. The Morgan fingerprint density at radius 2 is 2.17 bits per heavy atom. The van der Waals surface area contributed by atoms with Crippen molar-refractivity contribution in [1.82, 2.24) is 9.97 Å². The van der Waals surface area contributed by atoms with Gasteiger partial charge in [-0.05, 0) is 23.6 Å². The molecule has 0 aliphatic carbocycles. The Bertz CT molecular complexity index is 643. The normalized spacial score (nSPS) is 10.7. The summed E-state index contributed by atoms with van der Waals surface area (Å²) < 4.78 is 0. The fourth-order valence-corrected chi connectivity index (χ4v) is 2.73. The number of rotatable bonds is 3. The van der Waals surface area contributed by atoms with E-state index in [1.54, 1.807) is 11.3 Å². The Kier molecular flexibility index (Phi) is 3.17. The van der Waals surface area contributed by atoms with Gasteiger partial charge < -0.3 is 4.98 Å². The van der Waals surface area contributed by atoms with Crippen LogP contribution >= 0.6 is 22.9 Å². The quantitative estimate of drug-likeness (QED) is 0.754. The molecule has 0 spiro atoms. The van der Waals surface area contributed by atoms with Crippen LogP contribution in [0.1, 0.15) is 10.7 Å². The van der Waals surface area contributed by atoms with Crippen LogP contribution in [0.2, 0.25) is 5.02 Å².